The van der Waals surface area contributed by atoms with Crippen molar-refractivity contribution in [2.24, 2.45) is 0 Å². The van der Waals surface area contributed by atoms with E-state index in [2.05, 4.69) is 15.9 Å². The van der Waals surface area contributed by atoms with Gasteiger partial charge in [0.05, 0.1) is 10.0 Å². The molecule has 0 saturated carbocycles. The van der Waals surface area contributed by atoms with Gasteiger partial charge in [0.25, 0.3) is 0 Å². The van der Waals surface area contributed by atoms with Crippen LogP contribution < -0.4 is 5.73 Å². The number of nitrogen functional groups attached to an aromatic ring is 1. The van der Waals surface area contributed by atoms with E-state index >= 15 is 0 Å². The maximum Gasteiger partial charge on any atom is 0.340 e. The van der Waals surface area contributed by atoms with E-state index in [-0.39, 0.29) is 12.4 Å². The summed E-state index contributed by atoms with van der Waals surface area (Å²) in [4.78, 5) is 12.0. The van der Waals surface area contributed by atoms with Crippen LogP contribution in [-0.4, -0.2) is 5.97 Å². The Bertz CT molecular complexity index is 638. The summed E-state index contributed by atoms with van der Waals surface area (Å²) in [6.07, 6.45) is 0. The van der Waals surface area contributed by atoms with E-state index in [0.717, 1.165) is 5.56 Å². The molecule has 0 atom stereocenters. The van der Waals surface area contributed by atoms with E-state index in [1.807, 2.05) is 0 Å². The van der Waals surface area contributed by atoms with E-state index in [9.17, 15) is 9.18 Å². The smallest absolute Gasteiger partial charge is 0.340 e. The number of carbonyl (C=O) groups is 1. The number of carbonyl (C=O) groups excluding carboxylic acids is 1. The summed E-state index contributed by atoms with van der Waals surface area (Å²) in [7, 11) is 0. The minimum absolute atomic E-state index is 0.0610. The highest BCUT2D eigenvalue weighted by Gasteiger charge is 2.14. The number of ether oxygens (including phenoxy) is 1. The number of nitrogens with two attached hydrogens (primary N) is 1. The molecule has 5 heteroatoms. The van der Waals surface area contributed by atoms with Crippen LogP contribution >= 0.6 is 15.9 Å². The molecule has 0 fully saturated rings. The molecule has 2 rings (SSSR count). The largest absolute Gasteiger partial charge is 0.457 e. The van der Waals surface area contributed by atoms with Crippen molar-refractivity contribution in [1.29, 1.82) is 0 Å². The molecule has 3 nitrogen and oxygen atoms in total. The number of halogens is 2. The lowest BCUT2D eigenvalue weighted by Crippen LogP contribution is -2.10. The normalized spacial score (nSPS) is 10.3. The van der Waals surface area contributed by atoms with Crippen molar-refractivity contribution in [3.63, 3.8) is 0 Å². The Balaban J connectivity index is 2.11. The Morgan fingerprint density at radius 1 is 1.35 bits per heavy atom. The number of benzene rings is 2. The zero-order valence-corrected chi connectivity index (χ0v) is 12.4. The maximum absolute atomic E-state index is 13.1. The Labute approximate surface area is 124 Å². The Morgan fingerprint density at radius 3 is 2.75 bits per heavy atom. The van der Waals surface area contributed by atoms with Crippen LogP contribution in [0.25, 0.3) is 0 Å². The van der Waals surface area contributed by atoms with Crippen LogP contribution in [-0.2, 0) is 11.3 Å². The molecule has 0 unspecified atom stereocenters. The van der Waals surface area contributed by atoms with Crippen LogP contribution in [0.5, 0.6) is 0 Å². The molecule has 2 N–H and O–H groups in total. The predicted octanol–water partition coefficient (Wildman–Crippen LogP) is 3.84. The lowest BCUT2D eigenvalue weighted by Gasteiger charge is -2.09. The molecule has 0 aromatic heterocycles. The molecule has 2 aromatic rings. The van der Waals surface area contributed by atoms with Crippen LogP contribution in [0, 0.1) is 12.7 Å². The first kappa shape index (κ1) is 14.5. The fourth-order valence-electron chi connectivity index (χ4n) is 1.82. The molecule has 2 aromatic carbocycles. The van der Waals surface area contributed by atoms with Gasteiger partial charge < -0.3 is 10.5 Å². The van der Waals surface area contributed by atoms with E-state index in [4.69, 9.17) is 10.5 Å². The lowest BCUT2D eigenvalue weighted by molar-refractivity contribution is 0.0473. The van der Waals surface area contributed by atoms with Gasteiger partial charge in [-0.15, -0.1) is 0 Å². The topological polar surface area (TPSA) is 52.3 Å². The van der Waals surface area contributed by atoms with Gasteiger partial charge in [-0.3, -0.25) is 0 Å². The second-order valence-corrected chi connectivity index (χ2v) is 5.22. The van der Waals surface area contributed by atoms with Gasteiger partial charge in [-0.1, -0.05) is 18.2 Å². The molecule has 104 valence electrons. The van der Waals surface area contributed by atoms with Crippen molar-refractivity contribution in [1.82, 2.24) is 0 Å². The van der Waals surface area contributed by atoms with Crippen LogP contribution in [0.3, 0.4) is 0 Å². The first-order valence-electron chi connectivity index (χ1n) is 5.95. The van der Waals surface area contributed by atoms with Crippen molar-refractivity contribution in [2.45, 2.75) is 13.5 Å². The van der Waals surface area contributed by atoms with Crippen molar-refractivity contribution >= 4 is 27.6 Å². The molecule has 0 saturated heterocycles. The first-order valence-corrected chi connectivity index (χ1v) is 6.74. The van der Waals surface area contributed by atoms with Crippen molar-refractivity contribution < 1.29 is 13.9 Å². The van der Waals surface area contributed by atoms with E-state index in [1.54, 1.807) is 37.3 Å². The van der Waals surface area contributed by atoms with Gasteiger partial charge in [0.1, 0.15) is 12.4 Å². The molecule has 0 aliphatic heterocycles. The monoisotopic (exact) mass is 337 g/mol. The number of hydrogen-bond donors (Lipinski definition) is 1. The Kier molecular flexibility index (Phi) is 4.39. The lowest BCUT2D eigenvalue weighted by atomic mass is 10.1. The summed E-state index contributed by atoms with van der Waals surface area (Å²) in [6.45, 7) is 1.85. The average molecular weight is 338 g/mol. The first-order chi connectivity index (χ1) is 9.49. The standard InChI is InChI=1S/C15H13BrFNO2/c1-9-3-2-4-13(18)14(9)15(19)20-8-10-5-6-12(17)11(16)7-10/h2-7H,8,18H2,1H3. The second kappa shape index (κ2) is 6.05. The molecule has 0 spiro atoms. The van der Waals surface area contributed by atoms with Crippen molar-refractivity contribution in [3.8, 4) is 0 Å². The minimum atomic E-state index is -0.485. The molecule has 0 radical (unpaired) electrons. The van der Waals surface area contributed by atoms with E-state index < -0.39 is 5.97 Å². The van der Waals surface area contributed by atoms with Crippen molar-refractivity contribution in [2.75, 3.05) is 5.73 Å². The SMILES string of the molecule is Cc1cccc(N)c1C(=O)OCc1ccc(F)c(Br)c1. The zero-order chi connectivity index (χ0) is 14.7. The van der Waals surface area contributed by atoms with Gasteiger partial charge >= 0.3 is 5.97 Å². The summed E-state index contributed by atoms with van der Waals surface area (Å²) < 4.78 is 18.6. The molecule has 0 aliphatic rings. The molecule has 0 bridgehead atoms. The number of anilines is 1. The molecule has 0 heterocycles. The second-order valence-electron chi connectivity index (χ2n) is 4.36. The Morgan fingerprint density at radius 2 is 2.10 bits per heavy atom. The third-order valence-electron chi connectivity index (χ3n) is 2.86. The number of esters is 1. The van der Waals surface area contributed by atoms with Crippen molar-refractivity contribution in [3.05, 3.63) is 63.4 Å². The average Bonchev–Trinajstić information content (AvgIpc) is 2.40. The predicted molar refractivity (Wildman–Crippen MR) is 78.8 cm³/mol. The van der Waals surface area contributed by atoms with Gasteiger partial charge in [0.2, 0.25) is 0 Å². The highest BCUT2D eigenvalue weighted by molar-refractivity contribution is 9.10. The Hall–Kier alpha value is -1.88. The van der Waals surface area contributed by atoms with E-state index in [0.29, 0.717) is 21.3 Å². The third kappa shape index (κ3) is 3.17. The summed E-state index contributed by atoms with van der Waals surface area (Å²) in [6, 6.07) is 9.67. The van der Waals surface area contributed by atoms with Gasteiger partial charge in [0, 0.05) is 5.69 Å². The van der Waals surface area contributed by atoms with Gasteiger partial charge in [0.15, 0.2) is 0 Å². The molecular weight excluding hydrogens is 325 g/mol. The van der Waals surface area contributed by atoms with Crippen LogP contribution in [0.4, 0.5) is 10.1 Å². The number of rotatable bonds is 3. The zero-order valence-electron chi connectivity index (χ0n) is 10.8. The van der Waals surface area contributed by atoms with Crippen LogP contribution in [0.1, 0.15) is 21.5 Å². The summed E-state index contributed by atoms with van der Waals surface area (Å²) in [5, 5.41) is 0. The number of hydrogen-bond acceptors (Lipinski definition) is 3. The maximum atomic E-state index is 13.1. The number of aryl methyl sites for hydroxylation is 1. The minimum Gasteiger partial charge on any atom is -0.457 e. The molecular formula is C15H13BrFNO2. The quantitative estimate of drug-likeness (QED) is 0.683. The summed E-state index contributed by atoms with van der Waals surface area (Å²) in [5.74, 6) is -0.843. The third-order valence-corrected chi connectivity index (χ3v) is 3.47. The van der Waals surface area contributed by atoms with Crippen LogP contribution in [0.15, 0.2) is 40.9 Å². The summed E-state index contributed by atoms with van der Waals surface area (Å²) >= 11 is 3.09. The fourth-order valence-corrected chi connectivity index (χ4v) is 2.25. The van der Waals surface area contributed by atoms with E-state index in [1.165, 1.54) is 6.07 Å². The molecule has 0 aliphatic carbocycles. The molecule has 20 heavy (non-hydrogen) atoms. The molecule has 0 amide bonds. The highest BCUT2D eigenvalue weighted by Crippen LogP contribution is 2.20. The van der Waals surface area contributed by atoms with Gasteiger partial charge in [-0.05, 0) is 52.2 Å². The fraction of sp³-hybridized carbons (Fsp3) is 0.133. The highest BCUT2D eigenvalue weighted by atomic mass is 79.9. The van der Waals surface area contributed by atoms with Gasteiger partial charge in [-0.25, -0.2) is 9.18 Å². The summed E-state index contributed by atoms with van der Waals surface area (Å²) in [5.41, 5.74) is 7.98. The van der Waals surface area contributed by atoms with Gasteiger partial charge in [-0.2, -0.15) is 0 Å². The van der Waals surface area contributed by atoms with Crippen LogP contribution in [0.2, 0.25) is 0 Å².